The van der Waals surface area contributed by atoms with E-state index in [1.54, 1.807) is 18.2 Å². The number of hydrogen-bond donors (Lipinski definition) is 1. The van der Waals surface area contributed by atoms with Crippen LogP contribution in [-0.4, -0.2) is 17.8 Å². The van der Waals surface area contributed by atoms with E-state index in [4.69, 9.17) is 11.6 Å². The van der Waals surface area contributed by atoms with Gasteiger partial charge in [0.25, 0.3) is 10.0 Å². The molecule has 0 radical (unpaired) electrons. The number of rotatable bonds is 4. The topological polar surface area (TPSA) is 63.5 Å². The molecule has 0 saturated carbocycles. The van der Waals surface area contributed by atoms with Gasteiger partial charge in [-0.3, -0.25) is 4.72 Å². The number of fused-ring (bicyclic) bond motifs is 1. The van der Waals surface area contributed by atoms with Crippen LogP contribution in [0.5, 0.6) is 0 Å². The molecule has 8 heteroatoms. The van der Waals surface area contributed by atoms with Crippen LogP contribution in [0.25, 0.3) is 16.9 Å². The fraction of sp³-hybridized carbons (Fsp3) is 0. The van der Waals surface area contributed by atoms with Crippen LogP contribution in [0.1, 0.15) is 0 Å². The molecule has 2 aromatic heterocycles. The second-order valence-corrected chi connectivity index (χ2v) is 7.94. The van der Waals surface area contributed by atoms with E-state index in [1.165, 1.54) is 0 Å². The molecule has 0 spiro atoms. The van der Waals surface area contributed by atoms with Gasteiger partial charge in [0.05, 0.1) is 15.6 Å². The molecule has 0 aliphatic rings. The van der Waals surface area contributed by atoms with E-state index in [0.29, 0.717) is 11.4 Å². The Morgan fingerprint density at radius 1 is 1.04 bits per heavy atom. The van der Waals surface area contributed by atoms with Crippen molar-refractivity contribution in [2.45, 2.75) is 4.90 Å². The second-order valence-electron chi connectivity index (χ2n) is 5.85. The Balaban J connectivity index is 1.67. The predicted octanol–water partition coefficient (Wildman–Crippen LogP) is 4.59. The average molecular weight is 402 g/mol. The third kappa shape index (κ3) is 3.51. The van der Waals surface area contributed by atoms with Crippen LogP contribution in [-0.2, 0) is 10.0 Å². The molecule has 0 aliphatic heterocycles. The molecule has 5 nitrogen and oxygen atoms in total. The van der Waals surface area contributed by atoms with Gasteiger partial charge in [-0.1, -0.05) is 29.8 Å². The van der Waals surface area contributed by atoms with Crippen molar-refractivity contribution in [3.8, 4) is 11.3 Å². The summed E-state index contributed by atoms with van der Waals surface area (Å²) in [5.41, 5.74) is 2.63. The predicted molar refractivity (Wildman–Crippen MR) is 103 cm³/mol. The van der Waals surface area contributed by atoms with Crippen molar-refractivity contribution in [3.63, 3.8) is 0 Å². The first-order valence-electron chi connectivity index (χ1n) is 7.94. The van der Waals surface area contributed by atoms with Gasteiger partial charge in [0.15, 0.2) is 0 Å². The van der Waals surface area contributed by atoms with Crippen LogP contribution in [0.2, 0.25) is 5.02 Å². The fourth-order valence-corrected chi connectivity index (χ4v) is 3.99. The molecule has 2 aromatic carbocycles. The molecular formula is C19H13ClFN3O2S. The zero-order chi connectivity index (χ0) is 19.0. The molecule has 2 heterocycles. The molecule has 0 amide bonds. The highest BCUT2D eigenvalue weighted by molar-refractivity contribution is 7.92. The Kier molecular flexibility index (Phi) is 4.33. The largest absolute Gasteiger partial charge is 0.306 e. The van der Waals surface area contributed by atoms with Gasteiger partial charge in [-0.15, -0.1) is 0 Å². The fourth-order valence-electron chi connectivity index (χ4n) is 2.67. The summed E-state index contributed by atoms with van der Waals surface area (Å²) in [6.07, 6.45) is 3.75. The van der Waals surface area contributed by atoms with E-state index in [0.717, 1.165) is 29.4 Å². The molecular weight excluding hydrogens is 389 g/mol. The lowest BCUT2D eigenvalue weighted by Gasteiger charge is -2.09. The van der Waals surface area contributed by atoms with E-state index in [-0.39, 0.29) is 9.92 Å². The first-order chi connectivity index (χ1) is 12.9. The lowest BCUT2D eigenvalue weighted by Crippen LogP contribution is -2.13. The molecule has 4 rings (SSSR count). The van der Waals surface area contributed by atoms with Crippen LogP contribution < -0.4 is 4.72 Å². The Hall–Kier alpha value is -2.90. The van der Waals surface area contributed by atoms with Gasteiger partial charge in [0, 0.05) is 23.6 Å². The summed E-state index contributed by atoms with van der Waals surface area (Å²) in [5, 5.41) is -0.253. The van der Waals surface area contributed by atoms with E-state index < -0.39 is 15.8 Å². The summed E-state index contributed by atoms with van der Waals surface area (Å²) in [4.78, 5) is 4.41. The minimum absolute atomic E-state index is 0.118. The van der Waals surface area contributed by atoms with Crippen molar-refractivity contribution in [1.29, 1.82) is 0 Å². The molecule has 0 unspecified atom stereocenters. The molecule has 0 fully saturated rings. The van der Waals surface area contributed by atoms with Crippen molar-refractivity contribution >= 4 is 33.0 Å². The minimum Gasteiger partial charge on any atom is -0.306 e. The average Bonchev–Trinajstić information content (AvgIpc) is 3.08. The summed E-state index contributed by atoms with van der Waals surface area (Å²) in [7, 11) is -3.90. The Bertz CT molecular complexity index is 1220. The van der Waals surface area contributed by atoms with Crippen LogP contribution in [0, 0.1) is 5.82 Å². The number of sulfonamides is 1. The molecule has 0 bridgehead atoms. The maximum absolute atomic E-state index is 13.3. The standard InChI is InChI=1S/C19H13ClFN3O2S/c20-16-11-15(7-8-17(16)21)27(25,26)23-14-5-3-4-13(10-14)18-12-24-9-2-1-6-19(24)22-18/h1-12,23H. The molecule has 0 aliphatic carbocycles. The summed E-state index contributed by atoms with van der Waals surface area (Å²) in [5.74, 6) is -0.676. The summed E-state index contributed by atoms with van der Waals surface area (Å²) in [6, 6.07) is 15.8. The Morgan fingerprint density at radius 2 is 1.89 bits per heavy atom. The van der Waals surface area contributed by atoms with Gasteiger partial charge in [-0.05, 0) is 42.5 Å². The number of imidazole rings is 1. The van der Waals surface area contributed by atoms with Gasteiger partial charge in [0.2, 0.25) is 0 Å². The zero-order valence-electron chi connectivity index (χ0n) is 13.8. The number of nitrogens with one attached hydrogen (secondary N) is 1. The second kappa shape index (κ2) is 6.68. The van der Waals surface area contributed by atoms with E-state index in [2.05, 4.69) is 9.71 Å². The lowest BCUT2D eigenvalue weighted by atomic mass is 10.1. The quantitative estimate of drug-likeness (QED) is 0.543. The molecule has 1 N–H and O–H groups in total. The number of hydrogen-bond acceptors (Lipinski definition) is 3. The number of aromatic nitrogens is 2. The summed E-state index contributed by atoms with van der Waals surface area (Å²) >= 11 is 5.69. The zero-order valence-corrected chi connectivity index (χ0v) is 15.4. The van der Waals surface area contributed by atoms with E-state index in [9.17, 15) is 12.8 Å². The lowest BCUT2D eigenvalue weighted by molar-refractivity contribution is 0.599. The molecule has 27 heavy (non-hydrogen) atoms. The summed E-state index contributed by atoms with van der Waals surface area (Å²) in [6.45, 7) is 0. The van der Waals surface area contributed by atoms with E-state index in [1.807, 2.05) is 41.1 Å². The van der Waals surface area contributed by atoms with Gasteiger partial charge >= 0.3 is 0 Å². The van der Waals surface area contributed by atoms with Crippen LogP contribution in [0.3, 0.4) is 0 Å². The molecule has 0 saturated heterocycles. The molecule has 0 atom stereocenters. The van der Waals surface area contributed by atoms with Gasteiger partial charge in [-0.25, -0.2) is 17.8 Å². The SMILES string of the molecule is O=S(=O)(Nc1cccc(-c2cn3ccccc3n2)c1)c1ccc(F)c(Cl)c1. The molecule has 136 valence electrons. The first kappa shape index (κ1) is 17.5. The van der Waals surface area contributed by atoms with Gasteiger partial charge < -0.3 is 4.40 Å². The van der Waals surface area contributed by atoms with E-state index >= 15 is 0 Å². The van der Waals surface area contributed by atoms with Crippen molar-refractivity contribution in [1.82, 2.24) is 9.38 Å². The number of nitrogens with zero attached hydrogens (tertiary/aromatic N) is 2. The maximum atomic E-state index is 13.3. The molecule has 4 aromatic rings. The number of pyridine rings is 1. The van der Waals surface area contributed by atoms with Crippen LogP contribution in [0.15, 0.2) is 78.0 Å². The summed E-state index contributed by atoms with van der Waals surface area (Å²) < 4.78 is 42.7. The van der Waals surface area contributed by atoms with Gasteiger partial charge in [-0.2, -0.15) is 0 Å². The third-order valence-corrected chi connectivity index (χ3v) is 5.64. The number of halogens is 2. The van der Waals surface area contributed by atoms with Crippen molar-refractivity contribution in [2.75, 3.05) is 4.72 Å². The number of anilines is 1. The van der Waals surface area contributed by atoms with Crippen LogP contribution in [0.4, 0.5) is 10.1 Å². The Morgan fingerprint density at radius 3 is 2.67 bits per heavy atom. The van der Waals surface area contributed by atoms with Gasteiger partial charge in [0.1, 0.15) is 11.5 Å². The maximum Gasteiger partial charge on any atom is 0.261 e. The number of benzene rings is 2. The Labute approximate surface area is 160 Å². The highest BCUT2D eigenvalue weighted by Gasteiger charge is 2.16. The minimum atomic E-state index is -3.90. The first-order valence-corrected chi connectivity index (χ1v) is 9.80. The highest BCUT2D eigenvalue weighted by atomic mass is 35.5. The van der Waals surface area contributed by atoms with Crippen molar-refractivity contribution in [3.05, 3.63) is 83.9 Å². The van der Waals surface area contributed by atoms with Crippen LogP contribution >= 0.6 is 11.6 Å². The monoisotopic (exact) mass is 401 g/mol. The highest BCUT2D eigenvalue weighted by Crippen LogP contribution is 2.25. The normalized spacial score (nSPS) is 11.6. The smallest absolute Gasteiger partial charge is 0.261 e. The van der Waals surface area contributed by atoms with Crippen molar-refractivity contribution in [2.24, 2.45) is 0 Å². The third-order valence-electron chi connectivity index (χ3n) is 3.98. The van der Waals surface area contributed by atoms with Crippen molar-refractivity contribution < 1.29 is 12.8 Å².